The monoisotopic (exact) mass is 1280 g/mol. The second-order valence-corrected chi connectivity index (χ2v) is 24.9. The molecule has 0 aliphatic rings. The molecule has 0 aromatic heterocycles. The Kier molecular flexibility index (Phi) is 15.1. The molecule has 0 amide bonds. The molecular weight excluding hydrogens is 1230 g/mol. The fourth-order valence-corrected chi connectivity index (χ4v) is 15.7. The SMILES string of the molecule is Brc1cc(Br)c2ccc3c(Br)cc(Br)c4ccc1c2c43.Cc1cccc(C)c1-c1cc(-c2c(C)cccc2C)c2ccc3c(-c4c(C)cccc4C)cc(-c4c(C)cccc4C)c4ccc1c2c43.Cc1cccc(C)c1B(O)O. The van der Waals surface area contributed by atoms with Gasteiger partial charge in [0.1, 0.15) is 0 Å². The Hall–Kier alpha value is -6.16. The maximum atomic E-state index is 8.94. The Morgan fingerprint density at radius 1 is 0.253 bits per heavy atom. The summed E-state index contributed by atoms with van der Waals surface area (Å²) in [6.45, 7) is 21.8. The summed E-state index contributed by atoms with van der Waals surface area (Å²) >= 11 is 14.7. The van der Waals surface area contributed by atoms with E-state index in [1.165, 1.54) is 154 Å². The first kappa shape index (κ1) is 54.8. The van der Waals surface area contributed by atoms with Crippen molar-refractivity contribution in [1.82, 2.24) is 0 Å². The van der Waals surface area contributed by atoms with Gasteiger partial charge in [0.2, 0.25) is 0 Å². The normalized spacial score (nSPS) is 11.5. The third-order valence-corrected chi connectivity index (χ3v) is 19.0. The van der Waals surface area contributed by atoms with Crippen molar-refractivity contribution in [3.8, 4) is 44.5 Å². The minimum atomic E-state index is -1.35. The number of halogens is 4. The summed E-state index contributed by atoms with van der Waals surface area (Å²) in [5.74, 6) is 0. The minimum absolute atomic E-state index is 0.618. The number of aryl methyl sites for hydroxylation is 10. The summed E-state index contributed by atoms with van der Waals surface area (Å²) in [7, 11) is -1.35. The Morgan fingerprint density at radius 3 is 0.646 bits per heavy atom. The molecule has 0 unspecified atom stereocenters. The zero-order chi connectivity index (χ0) is 55.9. The topological polar surface area (TPSA) is 40.5 Å². The predicted molar refractivity (Wildman–Crippen MR) is 356 cm³/mol. The van der Waals surface area contributed by atoms with Crippen molar-refractivity contribution in [2.45, 2.75) is 69.2 Å². The van der Waals surface area contributed by atoms with E-state index >= 15 is 0 Å². The molecule has 0 heterocycles. The Labute approximate surface area is 497 Å². The van der Waals surface area contributed by atoms with E-state index in [1.807, 2.05) is 32.0 Å². The molecule has 0 saturated carbocycles. The van der Waals surface area contributed by atoms with Gasteiger partial charge in [0.25, 0.3) is 0 Å². The van der Waals surface area contributed by atoms with Crippen molar-refractivity contribution >= 4 is 141 Å². The second-order valence-electron chi connectivity index (χ2n) is 21.5. The molecule has 79 heavy (non-hydrogen) atoms. The Morgan fingerprint density at radius 2 is 0.443 bits per heavy atom. The molecule has 7 heteroatoms. The molecule has 13 aromatic rings. The summed E-state index contributed by atoms with van der Waals surface area (Å²) in [5, 5.41) is 33.5. The van der Waals surface area contributed by atoms with Gasteiger partial charge in [-0.15, -0.1) is 0 Å². The number of hydrogen-bond acceptors (Lipinski definition) is 2. The second kappa shape index (κ2) is 21.7. The molecule has 0 aliphatic heterocycles. The lowest BCUT2D eigenvalue weighted by Gasteiger charge is -2.24. The molecule has 13 rings (SSSR count). The first-order chi connectivity index (χ1) is 37.9. The van der Waals surface area contributed by atoms with Gasteiger partial charge >= 0.3 is 7.12 Å². The predicted octanol–water partition coefficient (Wildman–Crippen LogP) is 21.3. The first-order valence-electron chi connectivity index (χ1n) is 26.7. The molecule has 0 radical (unpaired) electrons. The fraction of sp³-hybridized carbons (Fsp3) is 0.139. The summed E-state index contributed by atoms with van der Waals surface area (Å²) in [5.41, 5.74) is 23.6. The number of hydrogen-bond donors (Lipinski definition) is 2. The van der Waals surface area contributed by atoms with E-state index in [4.69, 9.17) is 10.0 Å². The summed E-state index contributed by atoms with van der Waals surface area (Å²) in [6, 6.07) is 60.0. The highest BCUT2D eigenvalue weighted by Gasteiger charge is 2.25. The lowest BCUT2D eigenvalue weighted by atomic mass is 9.74. The highest BCUT2D eigenvalue weighted by atomic mass is 79.9. The van der Waals surface area contributed by atoms with Gasteiger partial charge in [0.05, 0.1) is 0 Å². The van der Waals surface area contributed by atoms with Gasteiger partial charge in [0.15, 0.2) is 0 Å². The van der Waals surface area contributed by atoms with Gasteiger partial charge in [-0.3, -0.25) is 0 Å². The van der Waals surface area contributed by atoms with E-state index in [2.05, 4.69) is 265 Å². The van der Waals surface area contributed by atoms with Crippen LogP contribution in [-0.4, -0.2) is 17.2 Å². The van der Waals surface area contributed by atoms with Crippen LogP contribution in [0.2, 0.25) is 0 Å². The molecule has 0 aliphatic carbocycles. The van der Waals surface area contributed by atoms with Gasteiger partial charge in [0, 0.05) is 17.9 Å². The summed E-state index contributed by atoms with van der Waals surface area (Å²) in [6.07, 6.45) is 0. The van der Waals surface area contributed by atoms with Crippen molar-refractivity contribution in [2.24, 2.45) is 0 Å². The summed E-state index contributed by atoms with van der Waals surface area (Å²) < 4.78 is 4.45. The molecular formula is C72H59BBr4O2. The van der Waals surface area contributed by atoms with E-state index in [0.717, 1.165) is 29.0 Å². The van der Waals surface area contributed by atoms with E-state index in [1.54, 1.807) is 0 Å². The lowest BCUT2D eigenvalue weighted by molar-refractivity contribution is 0.425. The van der Waals surface area contributed by atoms with Crippen LogP contribution in [0.15, 0.2) is 182 Å². The zero-order valence-electron chi connectivity index (χ0n) is 46.1. The van der Waals surface area contributed by atoms with Gasteiger partial charge < -0.3 is 10.0 Å². The van der Waals surface area contributed by atoms with Gasteiger partial charge in [-0.25, -0.2) is 0 Å². The number of benzene rings is 13. The molecule has 0 saturated heterocycles. The van der Waals surface area contributed by atoms with E-state index < -0.39 is 7.12 Å². The van der Waals surface area contributed by atoms with Crippen molar-refractivity contribution in [3.05, 3.63) is 237 Å². The Bertz CT molecular complexity index is 3970. The fourth-order valence-electron chi connectivity index (χ4n) is 12.8. The molecule has 2 N–H and O–H groups in total. The maximum absolute atomic E-state index is 8.94. The first-order valence-corrected chi connectivity index (χ1v) is 29.9. The highest BCUT2D eigenvalue weighted by molar-refractivity contribution is 9.11. The lowest BCUT2D eigenvalue weighted by Crippen LogP contribution is -2.34. The van der Waals surface area contributed by atoms with Gasteiger partial charge in [-0.1, -0.05) is 214 Å². The minimum Gasteiger partial charge on any atom is -0.423 e. The van der Waals surface area contributed by atoms with Crippen LogP contribution in [0.4, 0.5) is 0 Å². The van der Waals surface area contributed by atoms with Gasteiger partial charge in [-0.05, 0) is 253 Å². The van der Waals surface area contributed by atoms with Crippen LogP contribution in [0, 0.1) is 69.2 Å². The highest BCUT2D eigenvalue weighted by Crippen LogP contribution is 2.51. The van der Waals surface area contributed by atoms with Gasteiger partial charge in [-0.2, -0.15) is 0 Å². The Balaban J connectivity index is 0.000000172. The van der Waals surface area contributed by atoms with Crippen molar-refractivity contribution in [1.29, 1.82) is 0 Å². The van der Waals surface area contributed by atoms with Crippen LogP contribution >= 0.6 is 63.7 Å². The van der Waals surface area contributed by atoms with Crippen LogP contribution in [0.25, 0.3) is 109 Å². The quantitative estimate of drug-likeness (QED) is 0.133. The average molecular weight is 1290 g/mol. The van der Waals surface area contributed by atoms with Crippen molar-refractivity contribution in [3.63, 3.8) is 0 Å². The molecule has 0 spiro atoms. The van der Waals surface area contributed by atoms with Crippen LogP contribution in [-0.2, 0) is 0 Å². The largest absolute Gasteiger partial charge is 0.488 e. The van der Waals surface area contributed by atoms with Crippen LogP contribution in [0.5, 0.6) is 0 Å². The molecule has 0 bridgehead atoms. The molecule has 0 fully saturated rings. The maximum Gasteiger partial charge on any atom is 0.488 e. The van der Waals surface area contributed by atoms with Crippen molar-refractivity contribution in [2.75, 3.05) is 0 Å². The smallest absolute Gasteiger partial charge is 0.423 e. The standard InChI is InChI=1S/C48H42.C16H6Br4.C8H11BO2/c1-27-13-9-14-28(2)43(27)39-25-40(44-29(3)15-10-16-30(44)4)36-23-24-38-42(46-33(7)19-12-20-34(46)8)26-41(45-31(5)17-11-18-32(45)6)37-22-21-35(39)47(36)48(37)38;17-11-5-13(19)9-3-4-10-14(20)6-12(18)8-2-1-7(11)15(9)16(8)10;1-6-4-3-5-7(2)8(6)9(10)11/h9-26H,1-8H3;1-6H;3-5,10-11H,1-2H3. The zero-order valence-corrected chi connectivity index (χ0v) is 52.4. The molecule has 0 atom stereocenters. The molecule has 2 nitrogen and oxygen atoms in total. The van der Waals surface area contributed by atoms with Crippen LogP contribution in [0.3, 0.4) is 0 Å². The number of rotatable bonds is 5. The third kappa shape index (κ3) is 9.52. The third-order valence-electron chi connectivity index (χ3n) is 16.4. The van der Waals surface area contributed by atoms with Crippen molar-refractivity contribution < 1.29 is 10.0 Å². The van der Waals surface area contributed by atoms with E-state index in [9.17, 15) is 0 Å². The van der Waals surface area contributed by atoms with Crippen LogP contribution in [0.1, 0.15) is 55.6 Å². The molecule has 13 aromatic carbocycles. The summed E-state index contributed by atoms with van der Waals surface area (Å²) in [4.78, 5) is 0. The van der Waals surface area contributed by atoms with Crippen LogP contribution < -0.4 is 5.46 Å². The van der Waals surface area contributed by atoms with E-state index in [0.29, 0.717) is 5.46 Å². The van der Waals surface area contributed by atoms with E-state index in [-0.39, 0.29) is 0 Å². The average Bonchev–Trinajstić information content (AvgIpc) is 3.50. The molecule has 390 valence electrons.